The second-order valence-corrected chi connectivity index (χ2v) is 9.89. The van der Waals surface area contributed by atoms with Gasteiger partial charge in [-0.05, 0) is 32.6 Å². The third-order valence-electron chi connectivity index (χ3n) is 7.45. The fraction of sp³-hybridized carbons (Fsp3) is 0.321. The number of nitrogens with two attached hydrogens (primary N) is 1. The van der Waals surface area contributed by atoms with Crippen molar-refractivity contribution in [2.75, 3.05) is 56.9 Å². The Morgan fingerprint density at radius 3 is 2.89 bits per heavy atom. The molecule has 194 valence electrons. The van der Waals surface area contributed by atoms with Crippen LogP contribution in [0.2, 0.25) is 0 Å². The largest absolute Gasteiger partial charge is 0.494 e. The number of aromatic nitrogens is 3. The summed E-state index contributed by atoms with van der Waals surface area (Å²) in [7, 11) is 5.85. The number of nitrogen functional groups attached to an aromatic ring is 1. The number of rotatable bonds is 6. The molecule has 2 aliphatic heterocycles. The molecular weight excluding hydrogens is 480 g/mol. The van der Waals surface area contributed by atoms with E-state index in [0.29, 0.717) is 47.0 Å². The van der Waals surface area contributed by atoms with Crippen molar-refractivity contribution in [1.29, 1.82) is 5.26 Å². The highest BCUT2D eigenvalue weighted by atomic mass is 16.5. The molecule has 0 aliphatic carbocycles. The predicted molar refractivity (Wildman–Crippen MR) is 148 cm³/mol. The zero-order chi connectivity index (χ0) is 26.4. The van der Waals surface area contributed by atoms with Crippen LogP contribution >= 0.6 is 0 Å². The Hall–Kier alpha value is -4.49. The first-order valence-electron chi connectivity index (χ1n) is 12.6. The molecule has 0 radical (unpaired) electrons. The Balaban J connectivity index is 1.36. The summed E-state index contributed by atoms with van der Waals surface area (Å²) in [5.74, 6) is 1.82. The lowest BCUT2D eigenvalue weighted by Crippen LogP contribution is -2.31. The molecule has 2 aromatic heterocycles. The van der Waals surface area contributed by atoms with Crippen molar-refractivity contribution in [2.45, 2.75) is 19.0 Å². The molecule has 0 saturated carbocycles. The number of nitrogens with zero attached hydrogens (tertiary/aromatic N) is 6. The van der Waals surface area contributed by atoms with Crippen molar-refractivity contribution in [2.24, 2.45) is 0 Å². The van der Waals surface area contributed by atoms with Gasteiger partial charge in [-0.2, -0.15) is 5.26 Å². The number of nitrogens with one attached hydrogen (secondary N) is 1. The second kappa shape index (κ2) is 9.43. The lowest BCUT2D eigenvalue weighted by atomic mass is 10.1. The third-order valence-corrected chi connectivity index (χ3v) is 7.45. The fourth-order valence-electron chi connectivity index (χ4n) is 5.42. The molecule has 2 aromatic carbocycles. The van der Waals surface area contributed by atoms with Crippen LogP contribution in [0.1, 0.15) is 12.0 Å². The lowest BCUT2D eigenvalue weighted by Gasteiger charge is -2.24. The number of anilines is 4. The van der Waals surface area contributed by atoms with Gasteiger partial charge in [0.2, 0.25) is 5.95 Å². The van der Waals surface area contributed by atoms with Gasteiger partial charge in [0.05, 0.1) is 53.7 Å². The van der Waals surface area contributed by atoms with E-state index >= 15 is 0 Å². The van der Waals surface area contributed by atoms with Gasteiger partial charge in [-0.1, -0.05) is 12.1 Å². The molecular formula is C28H30N8O2. The van der Waals surface area contributed by atoms with Crippen LogP contribution in [0, 0.1) is 11.3 Å². The van der Waals surface area contributed by atoms with Gasteiger partial charge in [0.1, 0.15) is 24.2 Å². The average Bonchev–Trinajstić information content (AvgIpc) is 3.56. The summed E-state index contributed by atoms with van der Waals surface area (Å²) in [5, 5.41) is 14.1. The van der Waals surface area contributed by atoms with Crippen LogP contribution in [-0.2, 0) is 6.54 Å². The number of hydrogen-bond acceptors (Lipinski definition) is 9. The van der Waals surface area contributed by atoms with E-state index in [0.717, 1.165) is 54.0 Å². The Kier molecular flexibility index (Phi) is 5.93. The van der Waals surface area contributed by atoms with E-state index < -0.39 is 0 Å². The molecule has 0 spiro atoms. The molecule has 3 N–H and O–H groups in total. The zero-order valence-corrected chi connectivity index (χ0v) is 21.7. The van der Waals surface area contributed by atoms with Crippen molar-refractivity contribution < 1.29 is 9.47 Å². The van der Waals surface area contributed by atoms with Gasteiger partial charge in [0.25, 0.3) is 0 Å². The van der Waals surface area contributed by atoms with Crippen LogP contribution < -0.4 is 25.4 Å². The molecule has 10 nitrogen and oxygen atoms in total. The van der Waals surface area contributed by atoms with Gasteiger partial charge in [-0.15, -0.1) is 0 Å². The molecule has 38 heavy (non-hydrogen) atoms. The van der Waals surface area contributed by atoms with Gasteiger partial charge in [0.15, 0.2) is 0 Å². The van der Waals surface area contributed by atoms with Crippen molar-refractivity contribution in [3.05, 3.63) is 48.3 Å². The average molecular weight is 511 g/mol. The zero-order valence-electron chi connectivity index (χ0n) is 21.7. The van der Waals surface area contributed by atoms with Crippen molar-refractivity contribution in [1.82, 2.24) is 19.4 Å². The predicted octanol–water partition coefficient (Wildman–Crippen LogP) is 3.84. The highest BCUT2D eigenvalue weighted by molar-refractivity contribution is 5.99. The second-order valence-electron chi connectivity index (χ2n) is 9.89. The maximum absolute atomic E-state index is 9.84. The van der Waals surface area contributed by atoms with Crippen LogP contribution in [0.25, 0.3) is 22.2 Å². The number of para-hydroxylation sites is 1. The van der Waals surface area contributed by atoms with Gasteiger partial charge in [-0.25, -0.2) is 9.97 Å². The molecule has 6 rings (SSSR count). The Morgan fingerprint density at radius 2 is 2.13 bits per heavy atom. The quantitative estimate of drug-likeness (QED) is 0.373. The molecule has 0 bridgehead atoms. The van der Waals surface area contributed by atoms with Crippen molar-refractivity contribution in [3.63, 3.8) is 0 Å². The van der Waals surface area contributed by atoms with Crippen molar-refractivity contribution >= 4 is 33.9 Å². The fourth-order valence-corrected chi connectivity index (χ4v) is 5.42. The first-order valence-corrected chi connectivity index (χ1v) is 12.6. The van der Waals surface area contributed by atoms with Gasteiger partial charge >= 0.3 is 0 Å². The van der Waals surface area contributed by atoms with E-state index in [-0.39, 0.29) is 0 Å². The van der Waals surface area contributed by atoms with Crippen LogP contribution in [-0.4, -0.2) is 66.4 Å². The Morgan fingerprint density at radius 1 is 1.26 bits per heavy atom. The molecule has 10 heteroatoms. The summed E-state index contributed by atoms with van der Waals surface area (Å²) < 4.78 is 13.7. The van der Waals surface area contributed by atoms with Gasteiger partial charge in [0, 0.05) is 42.3 Å². The van der Waals surface area contributed by atoms with Crippen LogP contribution in [0.3, 0.4) is 0 Å². The summed E-state index contributed by atoms with van der Waals surface area (Å²) in [5.41, 5.74) is 11.6. The topological polar surface area (TPSA) is 117 Å². The molecule has 4 heterocycles. The Labute approximate surface area is 221 Å². The molecule has 4 aromatic rings. The maximum Gasteiger partial charge on any atom is 0.227 e. The minimum Gasteiger partial charge on any atom is -0.494 e. The van der Waals surface area contributed by atoms with E-state index in [2.05, 4.69) is 44.8 Å². The summed E-state index contributed by atoms with van der Waals surface area (Å²) in [6.45, 7) is 3.19. The molecule has 1 fully saturated rings. The standard InChI is InChI=1S/C28H30N8O2/c1-34(2)18-7-8-35(15-18)23-12-25(37-3)22(11-21(23)30)32-28-31-14-17(13-29)26(33-28)20-16-36-9-10-38-24-6-4-5-19(20)27(24)36/h4-6,11-12,14,16,18H,7-10,15,30H2,1-3H3,(H,31,32,33). The normalized spacial score (nSPS) is 16.5. The first kappa shape index (κ1) is 23.9. The number of nitriles is 1. The van der Waals surface area contributed by atoms with Gasteiger partial charge < -0.3 is 34.9 Å². The molecule has 1 atom stereocenters. The Bertz CT molecular complexity index is 1570. The molecule has 1 unspecified atom stereocenters. The number of methoxy groups -OCH3 is 1. The monoisotopic (exact) mass is 510 g/mol. The van der Waals surface area contributed by atoms with Gasteiger partial charge in [-0.3, -0.25) is 0 Å². The third kappa shape index (κ3) is 4.01. The highest BCUT2D eigenvalue weighted by Gasteiger charge is 2.26. The lowest BCUT2D eigenvalue weighted by molar-refractivity contribution is 0.287. The maximum atomic E-state index is 9.84. The number of likely N-dealkylation sites (N-methyl/N-ethyl adjacent to an activating group) is 1. The summed E-state index contributed by atoms with van der Waals surface area (Å²) >= 11 is 0. The van der Waals surface area contributed by atoms with Crippen LogP contribution in [0.4, 0.5) is 23.0 Å². The van der Waals surface area contributed by atoms with E-state index in [1.165, 1.54) is 0 Å². The number of ether oxygens (including phenoxy) is 2. The first-order chi connectivity index (χ1) is 18.5. The number of benzene rings is 2. The minimum absolute atomic E-state index is 0.349. The van der Waals surface area contributed by atoms with Crippen molar-refractivity contribution in [3.8, 4) is 28.8 Å². The van der Waals surface area contributed by atoms with Crippen LogP contribution in [0.15, 0.2) is 42.7 Å². The van der Waals surface area contributed by atoms with E-state index in [4.69, 9.17) is 20.2 Å². The molecule has 0 amide bonds. The van der Waals surface area contributed by atoms with Crippen LogP contribution in [0.5, 0.6) is 11.5 Å². The number of hydrogen-bond donors (Lipinski definition) is 2. The van der Waals surface area contributed by atoms with E-state index in [1.54, 1.807) is 13.3 Å². The molecule has 2 aliphatic rings. The highest BCUT2D eigenvalue weighted by Crippen LogP contribution is 2.40. The minimum atomic E-state index is 0.349. The summed E-state index contributed by atoms with van der Waals surface area (Å²) in [6, 6.07) is 12.5. The smallest absolute Gasteiger partial charge is 0.227 e. The van der Waals surface area contributed by atoms with E-state index in [1.807, 2.05) is 36.5 Å². The molecule has 1 saturated heterocycles. The summed E-state index contributed by atoms with van der Waals surface area (Å²) in [6.07, 6.45) is 4.67. The SMILES string of the molecule is COc1cc(N2CCC(N(C)C)C2)c(N)cc1Nc1ncc(C#N)c(-c2cn3c4c(cccc24)OCC3)n1. The summed E-state index contributed by atoms with van der Waals surface area (Å²) in [4.78, 5) is 13.7. The van der Waals surface area contributed by atoms with E-state index in [9.17, 15) is 5.26 Å².